The summed E-state index contributed by atoms with van der Waals surface area (Å²) in [5, 5.41) is 3.70. The first-order valence-electron chi connectivity index (χ1n) is 7.24. The lowest BCUT2D eigenvalue weighted by atomic mass is 10.1. The molecule has 22 heavy (non-hydrogen) atoms. The van der Waals surface area contributed by atoms with Crippen LogP contribution >= 0.6 is 11.6 Å². The molecule has 2 rings (SSSR count). The minimum Gasteiger partial charge on any atom is -0.350 e. The van der Waals surface area contributed by atoms with Gasteiger partial charge < -0.3 is 10.2 Å². The minimum absolute atomic E-state index is 0.0306. The molecule has 0 radical (unpaired) electrons. The molecule has 1 unspecified atom stereocenters. The van der Waals surface area contributed by atoms with Gasteiger partial charge in [0.15, 0.2) is 0 Å². The number of nitrogens with one attached hydrogen (secondary N) is 1. The highest BCUT2D eigenvalue weighted by molar-refractivity contribution is 6.31. The number of nitrogens with zero attached hydrogens (tertiary/aromatic N) is 1. The largest absolute Gasteiger partial charge is 0.350 e. The molecule has 0 saturated heterocycles. The first-order chi connectivity index (χ1) is 10.5. The maximum Gasteiger partial charge on any atom is 0.251 e. The van der Waals surface area contributed by atoms with Gasteiger partial charge in [-0.25, -0.2) is 0 Å². The van der Waals surface area contributed by atoms with Crippen molar-refractivity contribution in [1.29, 1.82) is 0 Å². The van der Waals surface area contributed by atoms with Gasteiger partial charge in [0.2, 0.25) is 0 Å². The number of carbonyl (C=O) groups excluding carboxylic acids is 1. The molecule has 1 N–H and O–H groups in total. The van der Waals surface area contributed by atoms with E-state index in [1.54, 1.807) is 0 Å². The van der Waals surface area contributed by atoms with Gasteiger partial charge in [0.05, 0.1) is 6.04 Å². The van der Waals surface area contributed by atoms with Gasteiger partial charge in [0, 0.05) is 17.1 Å². The second kappa shape index (κ2) is 7.43. The number of amides is 1. The average Bonchev–Trinajstić information content (AvgIpc) is 2.49. The second-order valence-corrected chi connectivity index (χ2v) is 5.98. The molecule has 0 saturated carbocycles. The zero-order chi connectivity index (χ0) is 16.1. The number of aryl methyl sites for hydroxylation is 1. The Morgan fingerprint density at radius 1 is 1.14 bits per heavy atom. The summed E-state index contributed by atoms with van der Waals surface area (Å²) in [5.41, 5.74) is 2.82. The fraction of sp³-hybridized carbons (Fsp3) is 0.278. The van der Waals surface area contributed by atoms with Crippen molar-refractivity contribution < 1.29 is 4.79 Å². The Kier molecular flexibility index (Phi) is 5.58. The number of halogens is 1. The number of rotatable bonds is 5. The van der Waals surface area contributed by atoms with Crippen molar-refractivity contribution in [2.24, 2.45) is 0 Å². The number of hydrogen-bond donors (Lipinski definition) is 1. The normalized spacial score (nSPS) is 12.2. The third kappa shape index (κ3) is 4.09. The summed E-state index contributed by atoms with van der Waals surface area (Å²) in [4.78, 5) is 14.3. The van der Waals surface area contributed by atoms with E-state index in [-0.39, 0.29) is 11.9 Å². The molecule has 0 aliphatic heterocycles. The van der Waals surface area contributed by atoms with Gasteiger partial charge in [0.25, 0.3) is 5.91 Å². The van der Waals surface area contributed by atoms with Gasteiger partial charge in [-0.15, -0.1) is 0 Å². The van der Waals surface area contributed by atoms with Crippen LogP contribution in [0.1, 0.15) is 27.5 Å². The standard InChI is InChI=1S/C18H21ClN2O/c1-13-8-10-14(11-9-13)18(22)20-12-17(21(2)3)15-6-4-5-7-16(15)19/h4-11,17H,12H2,1-3H3,(H,20,22). The van der Waals surface area contributed by atoms with Crippen LogP contribution in [0.3, 0.4) is 0 Å². The lowest BCUT2D eigenvalue weighted by Crippen LogP contribution is -2.34. The second-order valence-electron chi connectivity index (χ2n) is 5.58. The monoisotopic (exact) mass is 316 g/mol. The summed E-state index contributed by atoms with van der Waals surface area (Å²) in [6, 6.07) is 15.3. The van der Waals surface area contributed by atoms with Crippen molar-refractivity contribution >= 4 is 17.5 Å². The molecule has 0 aliphatic rings. The van der Waals surface area contributed by atoms with Gasteiger partial charge in [-0.1, -0.05) is 47.5 Å². The predicted octanol–water partition coefficient (Wildman–Crippen LogP) is 3.68. The van der Waals surface area contributed by atoms with Crippen LogP contribution in [-0.4, -0.2) is 31.4 Å². The van der Waals surface area contributed by atoms with Gasteiger partial charge in [0.1, 0.15) is 0 Å². The van der Waals surface area contributed by atoms with Crippen LogP contribution in [0.2, 0.25) is 5.02 Å². The molecule has 2 aromatic carbocycles. The van der Waals surface area contributed by atoms with Crippen molar-refractivity contribution in [3.63, 3.8) is 0 Å². The lowest BCUT2D eigenvalue weighted by Gasteiger charge is -2.26. The fourth-order valence-electron chi connectivity index (χ4n) is 2.31. The Morgan fingerprint density at radius 3 is 2.36 bits per heavy atom. The smallest absolute Gasteiger partial charge is 0.251 e. The summed E-state index contributed by atoms with van der Waals surface area (Å²) >= 11 is 6.27. The molecule has 4 heteroatoms. The van der Waals surface area contributed by atoms with Crippen LogP contribution in [0.25, 0.3) is 0 Å². The van der Waals surface area contributed by atoms with E-state index in [2.05, 4.69) is 10.2 Å². The molecule has 0 fully saturated rings. The molecule has 2 aromatic rings. The number of hydrogen-bond acceptors (Lipinski definition) is 2. The Bertz CT molecular complexity index is 638. The van der Waals surface area contributed by atoms with E-state index in [1.807, 2.05) is 69.6 Å². The average molecular weight is 317 g/mol. The zero-order valence-corrected chi connectivity index (χ0v) is 13.9. The highest BCUT2D eigenvalue weighted by Gasteiger charge is 2.18. The van der Waals surface area contributed by atoms with Gasteiger partial charge in [-0.3, -0.25) is 4.79 Å². The van der Waals surface area contributed by atoms with E-state index in [0.717, 1.165) is 11.1 Å². The van der Waals surface area contributed by atoms with Gasteiger partial charge in [-0.05, 0) is 44.8 Å². The minimum atomic E-state index is -0.0705. The van der Waals surface area contributed by atoms with Crippen molar-refractivity contribution in [3.05, 3.63) is 70.2 Å². The number of carbonyl (C=O) groups is 1. The maximum atomic E-state index is 12.2. The van der Waals surface area contributed by atoms with Crippen LogP contribution in [-0.2, 0) is 0 Å². The lowest BCUT2D eigenvalue weighted by molar-refractivity contribution is 0.0942. The Morgan fingerprint density at radius 2 is 1.77 bits per heavy atom. The summed E-state index contributed by atoms with van der Waals surface area (Å²) in [6.45, 7) is 2.50. The molecular weight excluding hydrogens is 296 g/mol. The molecule has 0 heterocycles. The summed E-state index contributed by atoms with van der Waals surface area (Å²) < 4.78 is 0. The predicted molar refractivity (Wildman–Crippen MR) is 91.4 cm³/mol. The first kappa shape index (κ1) is 16.5. The molecule has 3 nitrogen and oxygen atoms in total. The zero-order valence-electron chi connectivity index (χ0n) is 13.1. The number of benzene rings is 2. The van der Waals surface area contributed by atoms with E-state index >= 15 is 0 Å². The SMILES string of the molecule is Cc1ccc(C(=O)NCC(c2ccccc2Cl)N(C)C)cc1. The van der Waals surface area contributed by atoms with Gasteiger partial charge in [-0.2, -0.15) is 0 Å². The molecule has 0 spiro atoms. The summed E-state index contributed by atoms with van der Waals surface area (Å²) in [6.07, 6.45) is 0. The molecule has 1 amide bonds. The third-order valence-corrected chi connectivity index (χ3v) is 4.00. The quantitative estimate of drug-likeness (QED) is 0.912. The molecular formula is C18H21ClN2O. The highest BCUT2D eigenvalue weighted by atomic mass is 35.5. The maximum absolute atomic E-state index is 12.2. The van der Waals surface area contributed by atoms with Crippen molar-refractivity contribution in [2.45, 2.75) is 13.0 Å². The Balaban J connectivity index is 2.08. The van der Waals surface area contributed by atoms with E-state index in [9.17, 15) is 4.79 Å². The number of likely N-dealkylation sites (N-methyl/N-ethyl adjacent to an activating group) is 1. The van der Waals surface area contributed by atoms with Gasteiger partial charge >= 0.3 is 0 Å². The topological polar surface area (TPSA) is 32.3 Å². The third-order valence-electron chi connectivity index (χ3n) is 3.66. The molecule has 1 atom stereocenters. The van der Waals surface area contributed by atoms with Crippen LogP contribution < -0.4 is 5.32 Å². The first-order valence-corrected chi connectivity index (χ1v) is 7.62. The Hall–Kier alpha value is -1.84. The van der Waals surface area contributed by atoms with E-state index in [4.69, 9.17) is 11.6 Å². The molecule has 0 aromatic heterocycles. The Labute approximate surface area is 136 Å². The van der Waals surface area contributed by atoms with Crippen molar-refractivity contribution in [3.8, 4) is 0 Å². The molecule has 0 aliphatic carbocycles. The van der Waals surface area contributed by atoms with Crippen molar-refractivity contribution in [1.82, 2.24) is 10.2 Å². The van der Waals surface area contributed by atoms with E-state index in [1.165, 1.54) is 0 Å². The van der Waals surface area contributed by atoms with Crippen LogP contribution in [0.5, 0.6) is 0 Å². The summed E-state index contributed by atoms with van der Waals surface area (Å²) in [7, 11) is 3.96. The molecule has 116 valence electrons. The van der Waals surface area contributed by atoms with Crippen LogP contribution in [0.4, 0.5) is 0 Å². The van der Waals surface area contributed by atoms with E-state index < -0.39 is 0 Å². The molecule has 0 bridgehead atoms. The van der Waals surface area contributed by atoms with Crippen LogP contribution in [0, 0.1) is 6.92 Å². The summed E-state index contributed by atoms with van der Waals surface area (Å²) in [5.74, 6) is -0.0705. The van der Waals surface area contributed by atoms with Crippen molar-refractivity contribution in [2.75, 3.05) is 20.6 Å². The highest BCUT2D eigenvalue weighted by Crippen LogP contribution is 2.25. The fourth-order valence-corrected chi connectivity index (χ4v) is 2.57. The van der Waals surface area contributed by atoms with Crippen LogP contribution in [0.15, 0.2) is 48.5 Å². The van der Waals surface area contributed by atoms with E-state index in [0.29, 0.717) is 17.1 Å².